The number of amides is 1. The van der Waals surface area contributed by atoms with Crippen molar-refractivity contribution in [2.45, 2.75) is 38.5 Å². The molecule has 0 saturated carbocycles. The summed E-state index contributed by atoms with van der Waals surface area (Å²) in [6.07, 6.45) is 2.79. The number of aromatic nitrogens is 2. The summed E-state index contributed by atoms with van der Waals surface area (Å²) in [5.74, 6) is 0.828. The molecule has 4 rings (SSSR count). The topological polar surface area (TPSA) is 80.5 Å². The first-order valence-corrected chi connectivity index (χ1v) is 9.88. The number of piperidine rings is 1. The summed E-state index contributed by atoms with van der Waals surface area (Å²) in [6, 6.07) is 20.2. The van der Waals surface area contributed by atoms with Crippen LogP contribution >= 0.6 is 12.4 Å². The smallest absolute Gasteiger partial charge is 0.407 e. The Labute approximate surface area is 181 Å². The number of halogens is 1. The van der Waals surface area contributed by atoms with Crippen molar-refractivity contribution in [1.29, 1.82) is 0 Å². The number of rotatable bonds is 6. The zero-order valence-corrected chi connectivity index (χ0v) is 17.4. The van der Waals surface area contributed by atoms with Crippen molar-refractivity contribution >= 4 is 24.4 Å². The van der Waals surface area contributed by atoms with Crippen LogP contribution in [-0.2, 0) is 17.9 Å². The molecule has 0 radical (unpaired) electrons. The number of nitrogens with zero attached hydrogens (tertiary/aromatic N) is 3. The van der Waals surface area contributed by atoms with Gasteiger partial charge in [0.05, 0.1) is 6.04 Å². The third-order valence-corrected chi connectivity index (χ3v) is 5.01. The molecule has 1 unspecified atom stereocenters. The molecule has 1 aliphatic rings. The Balaban J connectivity index is 0.00000256. The second kappa shape index (κ2) is 10.6. The Morgan fingerprint density at radius 3 is 2.60 bits per heavy atom. The Morgan fingerprint density at radius 1 is 1.10 bits per heavy atom. The lowest BCUT2D eigenvalue weighted by Crippen LogP contribution is -2.34. The van der Waals surface area contributed by atoms with E-state index >= 15 is 0 Å². The van der Waals surface area contributed by atoms with E-state index in [1.54, 1.807) is 0 Å². The lowest BCUT2D eigenvalue weighted by Gasteiger charge is -2.34. The van der Waals surface area contributed by atoms with Gasteiger partial charge in [0.15, 0.2) is 6.61 Å². The summed E-state index contributed by atoms with van der Waals surface area (Å²) in [4.78, 5) is 18.5. The lowest BCUT2D eigenvalue weighted by molar-refractivity contribution is 0.125. The van der Waals surface area contributed by atoms with E-state index in [9.17, 15) is 4.79 Å². The Morgan fingerprint density at radius 2 is 1.83 bits per heavy atom. The standard InChI is InChI=1S/C22H24N4O3.ClH/c27-22(23-15-17-9-3-1-4-10-17)28-16-20-24-21(25-29-20)26-14-8-7-13-19(26)18-11-5-2-6-12-18;/h1-6,9-12,19H,7-8,13-16H2,(H,23,27);1H. The van der Waals surface area contributed by atoms with Crippen molar-refractivity contribution in [3.63, 3.8) is 0 Å². The van der Waals surface area contributed by atoms with Crippen molar-refractivity contribution < 1.29 is 14.1 Å². The molecule has 7 nitrogen and oxygen atoms in total. The molecule has 3 aromatic rings. The van der Waals surface area contributed by atoms with Gasteiger partial charge >= 0.3 is 6.09 Å². The van der Waals surface area contributed by atoms with Crippen LogP contribution in [0.3, 0.4) is 0 Å². The Hall–Kier alpha value is -3.06. The molecule has 0 aliphatic carbocycles. The molecule has 2 aromatic carbocycles. The van der Waals surface area contributed by atoms with Gasteiger partial charge in [0, 0.05) is 13.1 Å². The van der Waals surface area contributed by atoms with Crippen molar-refractivity contribution in [3.8, 4) is 0 Å². The Kier molecular flexibility index (Phi) is 7.68. The molecule has 1 fully saturated rings. The fourth-order valence-electron chi connectivity index (χ4n) is 3.56. The van der Waals surface area contributed by atoms with Gasteiger partial charge in [-0.25, -0.2) is 4.79 Å². The molecular weight excluding hydrogens is 404 g/mol. The molecule has 1 atom stereocenters. The number of carbonyl (C=O) groups excluding carboxylic acids is 1. The van der Waals surface area contributed by atoms with E-state index in [0.29, 0.717) is 12.5 Å². The minimum Gasteiger partial charge on any atom is -0.439 e. The van der Waals surface area contributed by atoms with Gasteiger partial charge in [0.1, 0.15) is 0 Å². The normalized spacial score (nSPS) is 15.9. The zero-order valence-electron chi connectivity index (χ0n) is 16.6. The maximum Gasteiger partial charge on any atom is 0.407 e. The molecule has 1 aromatic heterocycles. The highest BCUT2D eigenvalue weighted by Crippen LogP contribution is 2.33. The van der Waals surface area contributed by atoms with Crippen LogP contribution in [0, 0.1) is 0 Å². The summed E-state index contributed by atoms with van der Waals surface area (Å²) < 4.78 is 10.5. The summed E-state index contributed by atoms with van der Waals surface area (Å²) >= 11 is 0. The number of benzene rings is 2. The predicted molar refractivity (Wildman–Crippen MR) is 115 cm³/mol. The largest absolute Gasteiger partial charge is 0.439 e. The van der Waals surface area contributed by atoms with Gasteiger partial charge in [-0.2, -0.15) is 4.98 Å². The van der Waals surface area contributed by atoms with E-state index in [4.69, 9.17) is 9.26 Å². The zero-order chi connectivity index (χ0) is 19.9. The van der Waals surface area contributed by atoms with Crippen LogP contribution in [0.5, 0.6) is 0 Å². The van der Waals surface area contributed by atoms with Crippen LogP contribution in [0.4, 0.5) is 10.7 Å². The summed E-state index contributed by atoms with van der Waals surface area (Å²) in [7, 11) is 0. The molecule has 158 valence electrons. The van der Waals surface area contributed by atoms with E-state index in [1.165, 1.54) is 12.0 Å². The maximum atomic E-state index is 11.9. The van der Waals surface area contributed by atoms with Gasteiger partial charge in [0.25, 0.3) is 11.8 Å². The monoisotopic (exact) mass is 428 g/mol. The van der Waals surface area contributed by atoms with Crippen LogP contribution < -0.4 is 10.2 Å². The molecule has 1 amide bonds. The number of hydrogen-bond donors (Lipinski definition) is 1. The highest BCUT2D eigenvalue weighted by Gasteiger charge is 2.27. The predicted octanol–water partition coefficient (Wildman–Crippen LogP) is 4.65. The Bertz CT molecular complexity index is 920. The molecule has 1 N–H and O–H groups in total. The molecular formula is C22H25ClN4O3. The van der Waals surface area contributed by atoms with Crippen molar-refractivity contribution in [1.82, 2.24) is 15.5 Å². The maximum absolute atomic E-state index is 11.9. The number of nitrogens with one attached hydrogen (secondary N) is 1. The van der Waals surface area contributed by atoms with Crippen LogP contribution in [0.15, 0.2) is 65.2 Å². The molecule has 0 bridgehead atoms. The molecule has 30 heavy (non-hydrogen) atoms. The highest BCUT2D eigenvalue weighted by molar-refractivity contribution is 5.85. The minimum atomic E-state index is -0.520. The van der Waals surface area contributed by atoms with Gasteiger partial charge in [0.2, 0.25) is 0 Å². The van der Waals surface area contributed by atoms with Crippen LogP contribution in [0.25, 0.3) is 0 Å². The summed E-state index contributed by atoms with van der Waals surface area (Å²) in [5, 5.41) is 6.82. The average molecular weight is 429 g/mol. The quantitative estimate of drug-likeness (QED) is 0.615. The van der Waals surface area contributed by atoms with Crippen LogP contribution in [0.2, 0.25) is 0 Å². The van der Waals surface area contributed by atoms with Crippen molar-refractivity contribution in [3.05, 3.63) is 77.7 Å². The summed E-state index contributed by atoms with van der Waals surface area (Å²) in [5.41, 5.74) is 2.25. The van der Waals surface area contributed by atoms with Crippen molar-refractivity contribution in [2.24, 2.45) is 0 Å². The molecule has 1 aliphatic heterocycles. The molecule has 1 saturated heterocycles. The highest BCUT2D eigenvalue weighted by atomic mass is 35.5. The fourth-order valence-corrected chi connectivity index (χ4v) is 3.56. The molecule has 0 spiro atoms. The average Bonchev–Trinajstić information content (AvgIpc) is 3.26. The van der Waals surface area contributed by atoms with E-state index in [1.807, 2.05) is 48.5 Å². The summed E-state index contributed by atoms with van der Waals surface area (Å²) in [6.45, 7) is 1.22. The first kappa shape index (κ1) is 21.6. The number of carbonyl (C=O) groups is 1. The number of ether oxygens (including phenoxy) is 1. The first-order chi connectivity index (χ1) is 14.3. The van der Waals surface area contributed by atoms with Crippen LogP contribution in [0.1, 0.15) is 42.3 Å². The number of anilines is 1. The third-order valence-electron chi connectivity index (χ3n) is 5.01. The van der Waals surface area contributed by atoms with Crippen molar-refractivity contribution in [2.75, 3.05) is 11.4 Å². The van der Waals surface area contributed by atoms with E-state index in [2.05, 4.69) is 32.5 Å². The minimum absolute atomic E-state index is 0. The first-order valence-electron chi connectivity index (χ1n) is 9.88. The van der Waals surface area contributed by atoms with E-state index in [-0.39, 0.29) is 30.9 Å². The van der Waals surface area contributed by atoms with E-state index < -0.39 is 6.09 Å². The SMILES string of the molecule is Cl.O=C(NCc1ccccc1)OCc1nc(N2CCCCC2c2ccccc2)no1. The fraction of sp³-hybridized carbons (Fsp3) is 0.318. The second-order valence-electron chi connectivity index (χ2n) is 7.02. The number of alkyl carbamates (subject to hydrolysis) is 1. The second-order valence-corrected chi connectivity index (χ2v) is 7.02. The third kappa shape index (κ3) is 5.51. The van der Waals surface area contributed by atoms with Gasteiger partial charge in [-0.1, -0.05) is 60.7 Å². The van der Waals surface area contributed by atoms with Crippen LogP contribution in [-0.4, -0.2) is 22.8 Å². The van der Waals surface area contributed by atoms with Gasteiger partial charge < -0.3 is 19.5 Å². The number of hydrogen-bond acceptors (Lipinski definition) is 6. The van der Waals surface area contributed by atoms with Gasteiger partial charge in [-0.05, 0) is 35.5 Å². The molecule has 2 heterocycles. The lowest BCUT2D eigenvalue weighted by atomic mass is 9.96. The van der Waals surface area contributed by atoms with Gasteiger partial charge in [-0.3, -0.25) is 0 Å². The molecule has 8 heteroatoms. The van der Waals surface area contributed by atoms with Gasteiger partial charge in [-0.15, -0.1) is 12.4 Å². The van der Waals surface area contributed by atoms with E-state index in [0.717, 1.165) is 24.9 Å².